The van der Waals surface area contributed by atoms with E-state index in [-0.39, 0.29) is 23.7 Å². The highest BCUT2D eigenvalue weighted by molar-refractivity contribution is 7.99. The Morgan fingerprint density at radius 1 is 1.57 bits per heavy atom. The van der Waals surface area contributed by atoms with Crippen LogP contribution in [0.25, 0.3) is 11.0 Å². The monoisotopic (exact) mass is 310 g/mol. The fourth-order valence-electron chi connectivity index (χ4n) is 2.58. The van der Waals surface area contributed by atoms with Crippen molar-refractivity contribution in [3.8, 4) is 0 Å². The third kappa shape index (κ3) is 2.63. The summed E-state index contributed by atoms with van der Waals surface area (Å²) in [5.74, 6) is -1.39. The first-order chi connectivity index (χ1) is 10.1. The Balaban J connectivity index is 1.99. The molecule has 0 spiro atoms. The van der Waals surface area contributed by atoms with Gasteiger partial charge in [-0.15, -0.1) is 0 Å². The highest BCUT2D eigenvalue weighted by Crippen LogP contribution is 2.40. The smallest absolute Gasteiger partial charge is 0.313 e. The zero-order valence-electron chi connectivity index (χ0n) is 11.5. The first-order valence-corrected chi connectivity index (χ1v) is 7.62. The molecule has 1 saturated carbocycles. The maximum Gasteiger partial charge on any atom is 0.313 e. The molecule has 5 nitrogen and oxygen atoms in total. The molecule has 1 aliphatic carbocycles. The molecule has 0 atom stereocenters. The van der Waals surface area contributed by atoms with Gasteiger partial charge in [-0.05, 0) is 25.0 Å². The lowest BCUT2D eigenvalue weighted by atomic mass is 9.89. The first-order valence-electron chi connectivity index (χ1n) is 6.64. The summed E-state index contributed by atoms with van der Waals surface area (Å²) in [6, 6.07) is 5.01. The number of aliphatic carboxylic acids is 1. The Hall–Kier alpha value is -1.60. The Kier molecular flexibility index (Phi) is 3.86. The molecule has 1 N–H and O–H groups in total. The van der Waals surface area contributed by atoms with Gasteiger partial charge < -0.3 is 14.4 Å². The molecule has 112 valence electrons. The molecular formula is C14H15FN2O3S. The number of fused-ring (bicyclic) bond motifs is 1. The minimum Gasteiger partial charge on any atom is -0.481 e. The van der Waals surface area contributed by atoms with Gasteiger partial charge in [0, 0.05) is 13.2 Å². The Morgan fingerprint density at radius 2 is 2.33 bits per heavy atom. The van der Waals surface area contributed by atoms with Crippen molar-refractivity contribution in [3.05, 3.63) is 24.0 Å². The summed E-state index contributed by atoms with van der Waals surface area (Å²) in [5, 5.41) is 9.39. The van der Waals surface area contributed by atoms with Crippen LogP contribution in [0.2, 0.25) is 0 Å². The van der Waals surface area contributed by atoms with Crippen LogP contribution in [-0.2, 0) is 9.53 Å². The average molecular weight is 310 g/mol. The lowest BCUT2D eigenvalue weighted by molar-refractivity contribution is -0.133. The normalized spacial score (nSPS) is 21.4. The van der Waals surface area contributed by atoms with E-state index in [1.165, 1.54) is 6.07 Å². The van der Waals surface area contributed by atoms with Crippen molar-refractivity contribution < 1.29 is 19.0 Å². The Morgan fingerprint density at radius 3 is 3.00 bits per heavy atom. The van der Waals surface area contributed by atoms with Crippen LogP contribution in [0.3, 0.4) is 0 Å². The number of benzene rings is 1. The van der Waals surface area contributed by atoms with Gasteiger partial charge >= 0.3 is 5.97 Å². The van der Waals surface area contributed by atoms with Gasteiger partial charge in [0.05, 0.1) is 17.4 Å². The molecule has 0 bridgehead atoms. The van der Waals surface area contributed by atoms with Crippen LogP contribution in [-0.4, -0.2) is 39.6 Å². The number of thioether (sulfide) groups is 1. The number of carbonyl (C=O) groups is 1. The summed E-state index contributed by atoms with van der Waals surface area (Å²) >= 11 is 1.12. The van der Waals surface area contributed by atoms with E-state index in [2.05, 4.69) is 4.98 Å². The fraction of sp³-hybridized carbons (Fsp3) is 0.429. The van der Waals surface area contributed by atoms with Gasteiger partial charge in [-0.1, -0.05) is 17.8 Å². The van der Waals surface area contributed by atoms with Crippen molar-refractivity contribution >= 4 is 28.8 Å². The van der Waals surface area contributed by atoms with E-state index < -0.39 is 5.97 Å². The number of carboxylic acid groups (broad SMARTS) is 1. The van der Waals surface area contributed by atoms with Crippen molar-refractivity contribution in [2.75, 3.05) is 12.9 Å². The summed E-state index contributed by atoms with van der Waals surface area (Å²) in [6.07, 6.45) is 1.87. The summed E-state index contributed by atoms with van der Waals surface area (Å²) in [6.45, 7) is 0. The van der Waals surface area contributed by atoms with Gasteiger partial charge in [0.25, 0.3) is 0 Å². The van der Waals surface area contributed by atoms with Gasteiger partial charge in [-0.2, -0.15) is 0 Å². The zero-order valence-corrected chi connectivity index (χ0v) is 12.3. The molecule has 0 aliphatic heterocycles. The minimum atomic E-state index is -0.914. The van der Waals surface area contributed by atoms with Crippen LogP contribution in [0.15, 0.2) is 23.4 Å². The molecule has 3 rings (SSSR count). The van der Waals surface area contributed by atoms with Crippen LogP contribution in [0.1, 0.15) is 18.9 Å². The molecule has 1 aliphatic rings. The van der Waals surface area contributed by atoms with Crippen molar-refractivity contribution in [1.82, 2.24) is 9.55 Å². The van der Waals surface area contributed by atoms with E-state index in [1.54, 1.807) is 13.2 Å². The van der Waals surface area contributed by atoms with Gasteiger partial charge in [0.15, 0.2) is 11.0 Å². The van der Waals surface area contributed by atoms with Gasteiger partial charge in [-0.25, -0.2) is 9.37 Å². The van der Waals surface area contributed by atoms with Crippen molar-refractivity contribution in [3.63, 3.8) is 0 Å². The molecule has 1 fully saturated rings. The van der Waals surface area contributed by atoms with Crippen LogP contribution in [0.5, 0.6) is 0 Å². The van der Waals surface area contributed by atoms with Crippen molar-refractivity contribution in [2.45, 2.75) is 30.1 Å². The average Bonchev–Trinajstić information content (AvgIpc) is 2.76. The van der Waals surface area contributed by atoms with Crippen molar-refractivity contribution in [1.29, 1.82) is 0 Å². The topological polar surface area (TPSA) is 64.3 Å². The van der Waals surface area contributed by atoms with Gasteiger partial charge in [0.1, 0.15) is 5.52 Å². The SMILES string of the molecule is COC1CC(n2c(SCC(=O)O)nc3c(F)cccc32)C1. The number of para-hydroxylation sites is 1. The number of methoxy groups -OCH3 is 1. The molecule has 1 aromatic carbocycles. The first kappa shape index (κ1) is 14.3. The second-order valence-corrected chi connectivity index (χ2v) is 5.98. The van der Waals surface area contributed by atoms with Crippen LogP contribution in [0.4, 0.5) is 4.39 Å². The molecule has 0 radical (unpaired) electrons. The third-order valence-corrected chi connectivity index (χ3v) is 4.67. The number of ether oxygens (including phenoxy) is 1. The minimum absolute atomic E-state index is 0.0919. The van der Waals surface area contributed by atoms with E-state index in [9.17, 15) is 9.18 Å². The summed E-state index contributed by atoms with van der Waals surface area (Å²) in [7, 11) is 1.67. The number of hydrogen-bond donors (Lipinski definition) is 1. The Bertz CT molecular complexity index is 682. The highest BCUT2D eigenvalue weighted by Gasteiger charge is 2.33. The number of halogens is 1. The van der Waals surface area contributed by atoms with E-state index in [1.807, 2.05) is 10.6 Å². The molecule has 2 aromatic rings. The molecule has 1 heterocycles. The van der Waals surface area contributed by atoms with E-state index in [4.69, 9.17) is 9.84 Å². The third-order valence-electron chi connectivity index (χ3n) is 3.73. The highest BCUT2D eigenvalue weighted by atomic mass is 32.2. The zero-order chi connectivity index (χ0) is 15.0. The second kappa shape index (κ2) is 5.65. The van der Waals surface area contributed by atoms with Crippen molar-refractivity contribution in [2.24, 2.45) is 0 Å². The Labute approximate surface area is 125 Å². The fourth-order valence-corrected chi connectivity index (χ4v) is 3.38. The molecule has 0 amide bonds. The van der Waals surface area contributed by atoms with E-state index in [0.29, 0.717) is 16.2 Å². The molecular weight excluding hydrogens is 295 g/mol. The predicted molar refractivity (Wildman–Crippen MR) is 77.1 cm³/mol. The maximum atomic E-state index is 13.9. The molecule has 21 heavy (non-hydrogen) atoms. The molecule has 1 aromatic heterocycles. The van der Waals surface area contributed by atoms with Gasteiger partial charge in [0.2, 0.25) is 0 Å². The summed E-state index contributed by atoms with van der Waals surface area (Å²) < 4.78 is 21.1. The van der Waals surface area contributed by atoms with Gasteiger partial charge in [-0.3, -0.25) is 4.79 Å². The quantitative estimate of drug-likeness (QED) is 0.860. The summed E-state index contributed by atoms with van der Waals surface area (Å²) in [5.41, 5.74) is 1.01. The standard InChI is InChI=1S/C14H15FN2O3S/c1-20-9-5-8(6-9)17-11-4-2-3-10(15)13(11)16-14(17)21-7-12(18)19/h2-4,8-9H,5-7H2,1H3,(H,18,19). The number of rotatable bonds is 5. The number of aromatic nitrogens is 2. The van der Waals surface area contributed by atoms with E-state index in [0.717, 1.165) is 24.6 Å². The maximum absolute atomic E-state index is 13.9. The summed E-state index contributed by atoms with van der Waals surface area (Å²) in [4.78, 5) is 15.1. The predicted octanol–water partition coefficient (Wildman–Crippen LogP) is 2.70. The lowest BCUT2D eigenvalue weighted by Crippen LogP contribution is -2.32. The molecule has 0 saturated heterocycles. The number of hydrogen-bond acceptors (Lipinski definition) is 4. The van der Waals surface area contributed by atoms with E-state index >= 15 is 0 Å². The number of imidazole rings is 1. The molecule has 7 heteroatoms. The molecule has 0 unspecified atom stereocenters. The number of carboxylic acids is 1. The number of nitrogens with zero attached hydrogens (tertiary/aromatic N) is 2. The largest absolute Gasteiger partial charge is 0.481 e. The lowest BCUT2D eigenvalue weighted by Gasteiger charge is -2.36. The van der Waals surface area contributed by atoms with Crippen LogP contribution in [0, 0.1) is 5.82 Å². The van der Waals surface area contributed by atoms with Crippen LogP contribution >= 0.6 is 11.8 Å². The second-order valence-electron chi connectivity index (χ2n) is 5.04. The van der Waals surface area contributed by atoms with Crippen LogP contribution < -0.4 is 0 Å².